The van der Waals surface area contributed by atoms with Crippen molar-refractivity contribution in [3.05, 3.63) is 59.8 Å². The van der Waals surface area contributed by atoms with Gasteiger partial charge < -0.3 is 10.6 Å². The van der Waals surface area contributed by atoms with Crippen LogP contribution < -0.4 is 10.6 Å². The summed E-state index contributed by atoms with van der Waals surface area (Å²) in [7, 11) is 0. The molecule has 2 aromatic rings. The minimum atomic E-state index is -0.417. The van der Waals surface area contributed by atoms with E-state index >= 15 is 0 Å². The van der Waals surface area contributed by atoms with Crippen LogP contribution in [0.4, 0.5) is 5.82 Å². The number of rotatable bonds is 5. The van der Waals surface area contributed by atoms with Gasteiger partial charge >= 0.3 is 0 Å². The number of amides is 1. The minimum Gasteiger partial charge on any atom is -0.365 e. The molecule has 1 aromatic heterocycles. The fourth-order valence-electron chi connectivity index (χ4n) is 2.96. The van der Waals surface area contributed by atoms with Gasteiger partial charge in [-0.05, 0) is 24.1 Å². The second-order valence-electron chi connectivity index (χ2n) is 5.80. The van der Waals surface area contributed by atoms with Crippen molar-refractivity contribution >= 4 is 11.7 Å². The van der Waals surface area contributed by atoms with Crippen LogP contribution in [0.2, 0.25) is 0 Å². The van der Waals surface area contributed by atoms with Crippen molar-refractivity contribution in [2.75, 3.05) is 37.6 Å². The van der Waals surface area contributed by atoms with Crippen LogP contribution in [-0.2, 0) is 6.42 Å². The number of nitrogens with two attached hydrogens (primary N) is 1. The van der Waals surface area contributed by atoms with Gasteiger partial charge in [0, 0.05) is 38.9 Å². The third kappa shape index (κ3) is 3.87. The Hall–Kier alpha value is -2.40. The number of benzene rings is 1. The van der Waals surface area contributed by atoms with Crippen molar-refractivity contribution in [3.8, 4) is 0 Å². The van der Waals surface area contributed by atoms with Crippen LogP contribution in [0.5, 0.6) is 0 Å². The normalized spacial score (nSPS) is 15.6. The second kappa shape index (κ2) is 7.24. The fraction of sp³-hybridized carbons (Fsp3) is 0.333. The summed E-state index contributed by atoms with van der Waals surface area (Å²) in [6.45, 7) is 4.74. The lowest BCUT2D eigenvalue weighted by atomic mass is 10.1. The average molecular weight is 310 g/mol. The van der Waals surface area contributed by atoms with Gasteiger partial charge in [-0.3, -0.25) is 9.69 Å². The minimum absolute atomic E-state index is 0.417. The molecular weight excluding hydrogens is 288 g/mol. The summed E-state index contributed by atoms with van der Waals surface area (Å²) in [5, 5.41) is 0. The van der Waals surface area contributed by atoms with Crippen LogP contribution in [0.1, 0.15) is 15.9 Å². The largest absolute Gasteiger partial charge is 0.365 e. The molecule has 0 atom stereocenters. The first kappa shape index (κ1) is 15.5. The molecule has 5 heteroatoms. The molecule has 0 unspecified atom stereocenters. The number of hydrogen-bond acceptors (Lipinski definition) is 4. The molecule has 1 saturated heterocycles. The second-order valence-corrected chi connectivity index (χ2v) is 5.80. The summed E-state index contributed by atoms with van der Waals surface area (Å²) < 4.78 is 0. The van der Waals surface area contributed by atoms with Gasteiger partial charge in [0.1, 0.15) is 5.82 Å². The molecule has 120 valence electrons. The number of primary amides is 1. The first-order valence-corrected chi connectivity index (χ1v) is 8.00. The molecule has 1 aliphatic heterocycles. The molecule has 0 bridgehead atoms. The van der Waals surface area contributed by atoms with Crippen molar-refractivity contribution in [2.24, 2.45) is 5.73 Å². The van der Waals surface area contributed by atoms with E-state index in [1.807, 2.05) is 6.07 Å². The molecule has 1 aliphatic rings. The molecule has 3 rings (SSSR count). The quantitative estimate of drug-likeness (QED) is 0.910. The Morgan fingerprint density at radius 1 is 1.04 bits per heavy atom. The molecule has 1 fully saturated rings. The zero-order valence-electron chi connectivity index (χ0n) is 13.2. The summed E-state index contributed by atoms with van der Waals surface area (Å²) in [6.07, 6.45) is 2.78. The molecule has 23 heavy (non-hydrogen) atoms. The van der Waals surface area contributed by atoms with E-state index in [1.54, 1.807) is 18.3 Å². The fourth-order valence-corrected chi connectivity index (χ4v) is 2.96. The van der Waals surface area contributed by atoms with E-state index in [9.17, 15) is 4.79 Å². The highest BCUT2D eigenvalue weighted by Gasteiger charge is 2.21. The molecule has 0 aliphatic carbocycles. The molecule has 0 radical (unpaired) electrons. The summed E-state index contributed by atoms with van der Waals surface area (Å²) >= 11 is 0. The monoisotopic (exact) mass is 310 g/mol. The van der Waals surface area contributed by atoms with E-state index in [4.69, 9.17) is 5.73 Å². The lowest BCUT2D eigenvalue weighted by Gasteiger charge is -2.36. The molecule has 1 amide bonds. The summed E-state index contributed by atoms with van der Waals surface area (Å²) in [5.41, 5.74) is 7.32. The Bertz CT molecular complexity index is 651. The average Bonchev–Trinajstić information content (AvgIpc) is 2.61. The maximum absolute atomic E-state index is 11.5. The Morgan fingerprint density at radius 2 is 1.78 bits per heavy atom. The number of piperazine rings is 1. The third-order valence-electron chi connectivity index (χ3n) is 4.28. The first-order valence-electron chi connectivity index (χ1n) is 8.00. The predicted molar refractivity (Wildman–Crippen MR) is 91.6 cm³/mol. The van der Waals surface area contributed by atoms with Gasteiger partial charge in [0.15, 0.2) is 0 Å². The Balaban J connectivity index is 1.55. The van der Waals surface area contributed by atoms with Gasteiger partial charge in [-0.25, -0.2) is 4.98 Å². The maximum Gasteiger partial charge on any atom is 0.252 e. The van der Waals surface area contributed by atoms with Crippen LogP contribution in [0.15, 0.2) is 48.7 Å². The summed E-state index contributed by atoms with van der Waals surface area (Å²) in [6, 6.07) is 14.0. The number of hydrogen-bond donors (Lipinski definition) is 1. The molecule has 1 aromatic carbocycles. The van der Waals surface area contributed by atoms with Crippen LogP contribution in [0.3, 0.4) is 0 Å². The van der Waals surface area contributed by atoms with Gasteiger partial charge in [-0.15, -0.1) is 0 Å². The van der Waals surface area contributed by atoms with Gasteiger partial charge in [0.25, 0.3) is 5.91 Å². The van der Waals surface area contributed by atoms with Crippen molar-refractivity contribution in [2.45, 2.75) is 6.42 Å². The summed E-state index contributed by atoms with van der Waals surface area (Å²) in [5.74, 6) is 0.294. The molecular formula is C18H22N4O. The number of pyridine rings is 1. The lowest BCUT2D eigenvalue weighted by Crippen LogP contribution is -2.47. The SMILES string of the molecule is NC(=O)c1cccnc1N1CCN(CCc2ccccc2)CC1. The standard InChI is InChI=1S/C18H22N4O/c19-17(23)16-7-4-9-20-18(16)22-13-11-21(12-14-22)10-8-15-5-2-1-3-6-15/h1-7,9H,8,10-14H2,(H2,19,23). The van der Waals surface area contributed by atoms with E-state index in [0.717, 1.165) is 39.1 Å². The van der Waals surface area contributed by atoms with Crippen molar-refractivity contribution in [1.82, 2.24) is 9.88 Å². The van der Waals surface area contributed by atoms with Gasteiger partial charge in [-0.1, -0.05) is 30.3 Å². The van der Waals surface area contributed by atoms with Crippen molar-refractivity contribution < 1.29 is 4.79 Å². The van der Waals surface area contributed by atoms with E-state index in [-0.39, 0.29) is 0 Å². The molecule has 2 N–H and O–H groups in total. The van der Waals surface area contributed by atoms with Crippen LogP contribution >= 0.6 is 0 Å². The molecule has 0 saturated carbocycles. The topological polar surface area (TPSA) is 62.5 Å². The molecule has 5 nitrogen and oxygen atoms in total. The first-order chi connectivity index (χ1) is 11.2. The van der Waals surface area contributed by atoms with E-state index < -0.39 is 5.91 Å². The van der Waals surface area contributed by atoms with Crippen molar-refractivity contribution in [1.29, 1.82) is 0 Å². The Morgan fingerprint density at radius 3 is 2.48 bits per heavy atom. The van der Waals surface area contributed by atoms with E-state index in [2.05, 4.69) is 39.0 Å². The molecule has 0 spiro atoms. The van der Waals surface area contributed by atoms with E-state index in [1.165, 1.54) is 5.56 Å². The highest BCUT2D eigenvalue weighted by molar-refractivity contribution is 5.97. The van der Waals surface area contributed by atoms with E-state index in [0.29, 0.717) is 11.4 Å². The lowest BCUT2D eigenvalue weighted by molar-refractivity contribution is 0.1000. The predicted octanol–water partition coefficient (Wildman–Crippen LogP) is 1.55. The van der Waals surface area contributed by atoms with Gasteiger partial charge in [-0.2, -0.15) is 0 Å². The maximum atomic E-state index is 11.5. The zero-order valence-corrected chi connectivity index (χ0v) is 13.2. The third-order valence-corrected chi connectivity index (χ3v) is 4.28. The molecule has 2 heterocycles. The van der Waals surface area contributed by atoms with Crippen molar-refractivity contribution in [3.63, 3.8) is 0 Å². The highest BCUT2D eigenvalue weighted by atomic mass is 16.1. The number of carbonyl (C=O) groups is 1. The Kier molecular flexibility index (Phi) is 4.88. The zero-order chi connectivity index (χ0) is 16.1. The Labute approximate surface area is 136 Å². The van der Waals surface area contributed by atoms with Gasteiger partial charge in [0.05, 0.1) is 5.56 Å². The number of nitrogens with zero attached hydrogens (tertiary/aromatic N) is 3. The van der Waals surface area contributed by atoms with Gasteiger partial charge in [0.2, 0.25) is 0 Å². The smallest absolute Gasteiger partial charge is 0.252 e. The number of anilines is 1. The summed E-state index contributed by atoms with van der Waals surface area (Å²) in [4.78, 5) is 20.5. The highest BCUT2D eigenvalue weighted by Crippen LogP contribution is 2.18. The van der Waals surface area contributed by atoms with Crippen LogP contribution in [0, 0.1) is 0 Å². The van der Waals surface area contributed by atoms with Crippen LogP contribution in [-0.4, -0.2) is 48.5 Å². The number of aromatic nitrogens is 1. The number of carbonyl (C=O) groups excluding carboxylic acids is 1. The van der Waals surface area contributed by atoms with Crippen LogP contribution in [0.25, 0.3) is 0 Å².